The minimum atomic E-state index is -1.12. The number of nitrogens with one attached hydrogen (secondary N) is 1. The summed E-state index contributed by atoms with van der Waals surface area (Å²) in [6, 6.07) is 25.2. The lowest BCUT2D eigenvalue weighted by atomic mass is 10.1. The van der Waals surface area contributed by atoms with Crippen molar-refractivity contribution in [1.82, 2.24) is 0 Å². The molecule has 0 spiro atoms. The second-order valence-electron chi connectivity index (χ2n) is 8.20. The fourth-order valence-corrected chi connectivity index (χ4v) is 4.46. The third-order valence-corrected chi connectivity index (χ3v) is 6.22. The smallest absolute Gasteiger partial charge is 0.335 e. The molecule has 0 radical (unpaired) electrons. The first-order chi connectivity index (χ1) is 18.4. The van der Waals surface area contributed by atoms with Crippen LogP contribution in [0.1, 0.15) is 28.4 Å². The Morgan fingerprint density at radius 2 is 1.79 bits per heavy atom. The first-order valence-corrected chi connectivity index (χ1v) is 12.5. The highest BCUT2D eigenvalue weighted by molar-refractivity contribution is 9.10. The zero-order valence-electron chi connectivity index (χ0n) is 20.4. The number of hydrogen-bond acceptors (Lipinski definition) is 5. The predicted molar refractivity (Wildman–Crippen MR) is 149 cm³/mol. The molecular formula is C30H23BrN2O5. The van der Waals surface area contributed by atoms with Gasteiger partial charge in [-0.25, -0.2) is 4.79 Å². The Balaban J connectivity index is 1.58. The number of ether oxygens (including phenoxy) is 2. The topological polar surface area (TPSA) is 109 Å². The van der Waals surface area contributed by atoms with E-state index in [1.54, 1.807) is 18.2 Å². The van der Waals surface area contributed by atoms with Crippen LogP contribution in [0.3, 0.4) is 0 Å². The van der Waals surface area contributed by atoms with Crippen molar-refractivity contribution in [3.05, 3.63) is 106 Å². The molecule has 0 unspecified atom stereocenters. The fraction of sp³-hybridized carbons (Fsp3) is 0.100. The summed E-state index contributed by atoms with van der Waals surface area (Å²) in [6.07, 6.45) is 1.43. The Hall–Kier alpha value is -4.61. The number of amides is 1. The molecule has 4 rings (SSSR count). The zero-order chi connectivity index (χ0) is 27.1. The number of benzene rings is 4. The molecular weight excluding hydrogens is 548 g/mol. The first-order valence-electron chi connectivity index (χ1n) is 11.7. The Bertz CT molecular complexity index is 1580. The van der Waals surface area contributed by atoms with Crippen molar-refractivity contribution in [1.29, 1.82) is 5.26 Å². The summed E-state index contributed by atoms with van der Waals surface area (Å²) < 4.78 is 12.6. The Kier molecular flexibility index (Phi) is 8.41. The predicted octanol–water partition coefficient (Wildman–Crippen LogP) is 6.82. The normalized spacial score (nSPS) is 11.0. The number of halogens is 1. The monoisotopic (exact) mass is 570 g/mol. The number of anilines is 1. The molecule has 7 nitrogen and oxygen atoms in total. The molecule has 0 aliphatic carbocycles. The summed E-state index contributed by atoms with van der Waals surface area (Å²) in [7, 11) is 0. The van der Waals surface area contributed by atoms with E-state index in [2.05, 4.69) is 21.2 Å². The average Bonchev–Trinajstić information content (AvgIpc) is 2.91. The highest BCUT2D eigenvalue weighted by Gasteiger charge is 2.16. The number of nitriles is 1. The second-order valence-corrected chi connectivity index (χ2v) is 9.05. The van der Waals surface area contributed by atoms with Gasteiger partial charge in [-0.2, -0.15) is 5.26 Å². The van der Waals surface area contributed by atoms with Crippen LogP contribution in [-0.4, -0.2) is 23.6 Å². The van der Waals surface area contributed by atoms with Crippen LogP contribution >= 0.6 is 15.9 Å². The van der Waals surface area contributed by atoms with Crippen LogP contribution in [0.15, 0.2) is 88.9 Å². The molecule has 0 saturated carbocycles. The lowest BCUT2D eigenvalue weighted by Crippen LogP contribution is -2.14. The molecule has 0 aliphatic rings. The number of nitrogens with zero attached hydrogens (tertiary/aromatic N) is 1. The van der Waals surface area contributed by atoms with Crippen molar-refractivity contribution in [3.63, 3.8) is 0 Å². The molecule has 0 saturated heterocycles. The van der Waals surface area contributed by atoms with Crippen LogP contribution in [0.4, 0.5) is 5.69 Å². The number of aromatic carboxylic acids is 1. The van der Waals surface area contributed by atoms with Gasteiger partial charge in [-0.15, -0.1) is 0 Å². The summed E-state index contributed by atoms with van der Waals surface area (Å²) >= 11 is 3.54. The third kappa shape index (κ3) is 6.20. The van der Waals surface area contributed by atoms with Crippen molar-refractivity contribution < 1.29 is 24.2 Å². The van der Waals surface area contributed by atoms with Crippen molar-refractivity contribution in [2.45, 2.75) is 13.5 Å². The highest BCUT2D eigenvalue weighted by Crippen LogP contribution is 2.38. The molecule has 2 N–H and O–H groups in total. The van der Waals surface area contributed by atoms with E-state index >= 15 is 0 Å². The van der Waals surface area contributed by atoms with Crippen LogP contribution in [0.5, 0.6) is 11.5 Å². The summed E-state index contributed by atoms with van der Waals surface area (Å²) in [5, 5.41) is 23.6. The van der Waals surface area contributed by atoms with E-state index in [0.717, 1.165) is 16.3 Å². The molecule has 0 aromatic heterocycles. The average molecular weight is 571 g/mol. The van der Waals surface area contributed by atoms with Gasteiger partial charge in [-0.3, -0.25) is 4.79 Å². The molecule has 8 heteroatoms. The van der Waals surface area contributed by atoms with E-state index < -0.39 is 11.9 Å². The van der Waals surface area contributed by atoms with Gasteiger partial charge in [0.05, 0.1) is 16.6 Å². The molecule has 4 aromatic carbocycles. The van der Waals surface area contributed by atoms with Gasteiger partial charge >= 0.3 is 5.97 Å². The number of hydrogen-bond donors (Lipinski definition) is 2. The van der Waals surface area contributed by atoms with E-state index in [9.17, 15) is 14.9 Å². The van der Waals surface area contributed by atoms with Crippen molar-refractivity contribution in [2.24, 2.45) is 0 Å². The summed E-state index contributed by atoms with van der Waals surface area (Å²) in [6.45, 7) is 2.55. The lowest BCUT2D eigenvalue weighted by molar-refractivity contribution is -0.112. The number of carbonyl (C=O) groups is 2. The van der Waals surface area contributed by atoms with Crippen molar-refractivity contribution in [3.8, 4) is 17.6 Å². The standard InChI is InChI=1S/C30H23BrN2O5/c1-2-37-27-15-19(13-23(17-32)29(34)33-24-11-6-9-21(16-24)30(35)36)14-26(31)28(27)38-18-22-10-5-8-20-7-3-4-12-25(20)22/h3-16H,2,18H2,1H3,(H,33,34)(H,35,36)/b23-13-. The van der Waals surface area contributed by atoms with E-state index in [1.807, 2.05) is 55.5 Å². The van der Waals surface area contributed by atoms with Crippen LogP contribution in [0.25, 0.3) is 16.8 Å². The van der Waals surface area contributed by atoms with Gasteiger partial charge in [0.15, 0.2) is 11.5 Å². The number of carboxylic acids is 1. The molecule has 4 aromatic rings. The van der Waals surface area contributed by atoms with Gasteiger partial charge in [0.2, 0.25) is 0 Å². The lowest BCUT2D eigenvalue weighted by Gasteiger charge is -2.16. The Morgan fingerprint density at radius 1 is 1.03 bits per heavy atom. The van der Waals surface area contributed by atoms with E-state index in [-0.39, 0.29) is 16.8 Å². The minimum Gasteiger partial charge on any atom is -0.490 e. The maximum Gasteiger partial charge on any atom is 0.335 e. The van der Waals surface area contributed by atoms with Gasteiger partial charge in [-0.05, 0) is 81.2 Å². The zero-order valence-corrected chi connectivity index (χ0v) is 22.0. The molecule has 0 fully saturated rings. The highest BCUT2D eigenvalue weighted by atomic mass is 79.9. The largest absolute Gasteiger partial charge is 0.490 e. The van der Waals surface area contributed by atoms with Crippen LogP contribution < -0.4 is 14.8 Å². The molecule has 1 amide bonds. The number of rotatable bonds is 9. The quantitative estimate of drug-likeness (QED) is 0.169. The Morgan fingerprint density at radius 3 is 2.55 bits per heavy atom. The number of fused-ring (bicyclic) bond motifs is 1. The fourth-order valence-electron chi connectivity index (χ4n) is 3.89. The van der Waals surface area contributed by atoms with Gasteiger partial charge in [0.25, 0.3) is 5.91 Å². The summed E-state index contributed by atoms with van der Waals surface area (Å²) in [5.74, 6) is -0.820. The van der Waals surface area contributed by atoms with Crippen LogP contribution in [-0.2, 0) is 11.4 Å². The maximum atomic E-state index is 12.7. The number of carbonyl (C=O) groups excluding carboxylic acids is 1. The molecule has 0 atom stereocenters. The van der Waals surface area contributed by atoms with Gasteiger partial charge in [0, 0.05) is 5.69 Å². The van der Waals surface area contributed by atoms with E-state index in [0.29, 0.717) is 34.7 Å². The minimum absolute atomic E-state index is 0.0228. The van der Waals surface area contributed by atoms with E-state index in [4.69, 9.17) is 14.6 Å². The molecule has 0 heterocycles. The maximum absolute atomic E-state index is 12.7. The summed E-state index contributed by atoms with van der Waals surface area (Å²) in [5.41, 5.74) is 1.70. The van der Waals surface area contributed by atoms with Crippen molar-refractivity contribution >= 4 is 50.3 Å². The van der Waals surface area contributed by atoms with Crippen LogP contribution in [0, 0.1) is 11.3 Å². The van der Waals surface area contributed by atoms with Crippen LogP contribution in [0.2, 0.25) is 0 Å². The van der Waals surface area contributed by atoms with Gasteiger partial charge in [0.1, 0.15) is 18.2 Å². The molecule has 0 aliphatic heterocycles. The van der Waals surface area contributed by atoms with Gasteiger partial charge in [-0.1, -0.05) is 48.5 Å². The third-order valence-electron chi connectivity index (χ3n) is 5.63. The first kappa shape index (κ1) is 26.5. The number of carboxylic acid groups (broad SMARTS) is 1. The SMILES string of the molecule is CCOc1cc(/C=C(/C#N)C(=O)Nc2cccc(C(=O)O)c2)cc(Br)c1OCc1cccc2ccccc12. The molecule has 38 heavy (non-hydrogen) atoms. The molecule has 0 bridgehead atoms. The van der Waals surface area contributed by atoms with E-state index in [1.165, 1.54) is 24.3 Å². The molecule has 190 valence electrons. The Labute approximate surface area is 228 Å². The van der Waals surface area contributed by atoms with Crippen molar-refractivity contribution in [2.75, 3.05) is 11.9 Å². The van der Waals surface area contributed by atoms with Gasteiger partial charge < -0.3 is 19.9 Å². The second kappa shape index (κ2) is 12.1. The summed E-state index contributed by atoms with van der Waals surface area (Å²) in [4.78, 5) is 23.9.